The lowest BCUT2D eigenvalue weighted by Gasteiger charge is -2.06. The van der Waals surface area contributed by atoms with Crippen LogP contribution in [0.15, 0.2) is 21.2 Å². The van der Waals surface area contributed by atoms with E-state index in [-0.39, 0.29) is 24.1 Å². The molecular formula is C12H12BrClN2O2S. The molecule has 0 aliphatic heterocycles. The first-order chi connectivity index (χ1) is 8.72. The van der Waals surface area contributed by atoms with Crippen molar-refractivity contribution in [1.29, 1.82) is 0 Å². The number of thiazole rings is 1. The number of furan rings is 1. The van der Waals surface area contributed by atoms with E-state index in [0.717, 1.165) is 18.5 Å². The summed E-state index contributed by atoms with van der Waals surface area (Å²) in [6.07, 6.45) is 4.51. The van der Waals surface area contributed by atoms with Gasteiger partial charge in [0.05, 0.1) is 5.69 Å². The maximum atomic E-state index is 11.9. The van der Waals surface area contributed by atoms with Gasteiger partial charge in [-0.15, -0.1) is 23.7 Å². The fraction of sp³-hybridized carbons (Fsp3) is 0.333. The molecule has 0 saturated heterocycles. The van der Waals surface area contributed by atoms with Crippen LogP contribution in [0.1, 0.15) is 34.0 Å². The number of carbonyl (C=O) groups excluding carboxylic acids is 1. The number of hydrogen-bond donors (Lipinski definition) is 1. The summed E-state index contributed by atoms with van der Waals surface area (Å²) in [5.74, 6) is 0.0295. The van der Waals surface area contributed by atoms with Gasteiger partial charge in [0.1, 0.15) is 0 Å². The molecule has 2 aromatic rings. The van der Waals surface area contributed by atoms with Crippen LogP contribution in [-0.2, 0) is 12.8 Å². The van der Waals surface area contributed by atoms with Crippen LogP contribution in [0, 0.1) is 0 Å². The van der Waals surface area contributed by atoms with Gasteiger partial charge in [-0.3, -0.25) is 10.1 Å². The minimum absolute atomic E-state index is 0. The van der Waals surface area contributed by atoms with E-state index in [4.69, 9.17) is 4.42 Å². The monoisotopic (exact) mass is 362 g/mol. The molecule has 0 aromatic carbocycles. The number of halogens is 2. The highest BCUT2D eigenvalue weighted by Crippen LogP contribution is 2.29. The molecule has 1 amide bonds. The second-order valence-electron chi connectivity index (χ2n) is 4.15. The zero-order chi connectivity index (χ0) is 12.5. The predicted octanol–water partition coefficient (Wildman–Crippen LogP) is 4.05. The lowest BCUT2D eigenvalue weighted by molar-refractivity contribution is 0.0995. The molecule has 2 aromatic heterocycles. The molecule has 0 bridgehead atoms. The van der Waals surface area contributed by atoms with Crippen molar-refractivity contribution in [3.05, 3.63) is 33.1 Å². The first kappa shape index (κ1) is 14.6. The van der Waals surface area contributed by atoms with Crippen molar-refractivity contribution in [3.63, 3.8) is 0 Å². The third kappa shape index (κ3) is 3.19. The zero-order valence-corrected chi connectivity index (χ0v) is 13.2. The molecule has 2 heterocycles. The number of aromatic nitrogens is 1. The molecule has 1 aliphatic rings. The van der Waals surface area contributed by atoms with Crippen molar-refractivity contribution in [2.24, 2.45) is 0 Å². The Morgan fingerprint density at radius 1 is 1.37 bits per heavy atom. The minimum atomic E-state index is -0.258. The van der Waals surface area contributed by atoms with Gasteiger partial charge in [-0.2, -0.15) is 0 Å². The number of fused-ring (bicyclic) bond motifs is 1. The topological polar surface area (TPSA) is 55.1 Å². The van der Waals surface area contributed by atoms with Gasteiger partial charge < -0.3 is 4.42 Å². The van der Waals surface area contributed by atoms with Gasteiger partial charge in [-0.05, 0) is 53.7 Å². The number of nitrogens with one attached hydrogen (secondary N) is 1. The van der Waals surface area contributed by atoms with Crippen molar-refractivity contribution < 1.29 is 9.21 Å². The van der Waals surface area contributed by atoms with Crippen LogP contribution in [0.5, 0.6) is 0 Å². The van der Waals surface area contributed by atoms with E-state index >= 15 is 0 Å². The van der Waals surface area contributed by atoms with E-state index in [1.165, 1.54) is 17.7 Å². The smallest absolute Gasteiger partial charge is 0.293 e. The molecular weight excluding hydrogens is 352 g/mol. The number of rotatable bonds is 2. The van der Waals surface area contributed by atoms with E-state index < -0.39 is 0 Å². The van der Waals surface area contributed by atoms with Gasteiger partial charge in [0.25, 0.3) is 5.91 Å². The maximum Gasteiger partial charge on any atom is 0.293 e. The zero-order valence-electron chi connectivity index (χ0n) is 9.94. The Hall–Kier alpha value is -0.850. The molecule has 1 N–H and O–H groups in total. The molecule has 0 unspecified atom stereocenters. The summed E-state index contributed by atoms with van der Waals surface area (Å²) in [4.78, 5) is 17.6. The number of anilines is 1. The Balaban J connectivity index is 0.00000133. The first-order valence-corrected chi connectivity index (χ1v) is 7.38. The Morgan fingerprint density at radius 2 is 2.16 bits per heavy atom. The van der Waals surface area contributed by atoms with Crippen molar-refractivity contribution in [2.75, 3.05) is 5.32 Å². The quantitative estimate of drug-likeness (QED) is 0.875. The summed E-state index contributed by atoms with van der Waals surface area (Å²) in [6, 6.07) is 3.33. The predicted molar refractivity (Wildman–Crippen MR) is 80.4 cm³/mol. The number of carbonyl (C=O) groups is 1. The molecule has 19 heavy (non-hydrogen) atoms. The van der Waals surface area contributed by atoms with Crippen LogP contribution < -0.4 is 5.32 Å². The molecule has 0 fully saturated rings. The van der Waals surface area contributed by atoms with Crippen molar-refractivity contribution in [3.8, 4) is 0 Å². The molecule has 0 radical (unpaired) electrons. The van der Waals surface area contributed by atoms with Gasteiger partial charge >= 0.3 is 0 Å². The Labute approximate surface area is 129 Å². The van der Waals surface area contributed by atoms with Gasteiger partial charge in [0.15, 0.2) is 15.6 Å². The molecule has 1 aliphatic carbocycles. The highest BCUT2D eigenvalue weighted by atomic mass is 79.9. The van der Waals surface area contributed by atoms with Gasteiger partial charge in [0, 0.05) is 4.88 Å². The largest absolute Gasteiger partial charge is 0.444 e. The normalized spacial score (nSPS) is 13.5. The summed E-state index contributed by atoms with van der Waals surface area (Å²) < 4.78 is 5.75. The average molecular weight is 364 g/mol. The Bertz CT molecular complexity index is 573. The van der Waals surface area contributed by atoms with Crippen molar-refractivity contribution >= 4 is 50.7 Å². The average Bonchev–Trinajstić information content (AvgIpc) is 2.94. The fourth-order valence-electron chi connectivity index (χ4n) is 2.00. The number of hydrogen-bond acceptors (Lipinski definition) is 4. The Kier molecular flexibility index (Phi) is 4.65. The number of amides is 1. The van der Waals surface area contributed by atoms with Gasteiger partial charge in [0.2, 0.25) is 0 Å². The first-order valence-electron chi connectivity index (χ1n) is 5.77. The summed E-state index contributed by atoms with van der Waals surface area (Å²) in [5, 5.41) is 3.45. The minimum Gasteiger partial charge on any atom is -0.444 e. The Morgan fingerprint density at radius 3 is 2.84 bits per heavy atom. The molecule has 0 atom stereocenters. The van der Waals surface area contributed by atoms with E-state index in [1.54, 1.807) is 23.5 Å². The third-order valence-electron chi connectivity index (χ3n) is 2.86. The van der Waals surface area contributed by atoms with Gasteiger partial charge in [-0.1, -0.05) is 0 Å². The van der Waals surface area contributed by atoms with Crippen LogP contribution in [0.4, 0.5) is 5.13 Å². The highest BCUT2D eigenvalue weighted by Gasteiger charge is 2.18. The SMILES string of the molecule is Cl.O=C(Nc1nc2c(s1)CCCC2)c1ccc(Br)o1. The van der Waals surface area contributed by atoms with E-state index in [9.17, 15) is 4.79 Å². The van der Waals surface area contributed by atoms with Crippen LogP contribution in [0.2, 0.25) is 0 Å². The van der Waals surface area contributed by atoms with Crippen LogP contribution in [0.25, 0.3) is 0 Å². The highest BCUT2D eigenvalue weighted by molar-refractivity contribution is 9.10. The molecule has 0 saturated carbocycles. The molecule has 7 heteroatoms. The summed E-state index contributed by atoms with van der Waals surface area (Å²) >= 11 is 4.74. The molecule has 102 valence electrons. The summed E-state index contributed by atoms with van der Waals surface area (Å²) in [6.45, 7) is 0. The van der Waals surface area contributed by atoms with E-state index in [2.05, 4.69) is 26.2 Å². The second kappa shape index (κ2) is 6.07. The standard InChI is InChI=1S/C12H11BrN2O2S.ClH/c13-10-6-5-8(17-10)11(16)15-12-14-7-3-1-2-4-9(7)18-12;/h5-6H,1-4H2,(H,14,15,16);1H. The number of nitrogens with zero attached hydrogens (tertiary/aromatic N) is 1. The lowest BCUT2D eigenvalue weighted by Crippen LogP contribution is -2.10. The van der Waals surface area contributed by atoms with Crippen LogP contribution in [-0.4, -0.2) is 10.9 Å². The lowest BCUT2D eigenvalue weighted by atomic mass is 10.0. The fourth-order valence-corrected chi connectivity index (χ4v) is 3.35. The van der Waals surface area contributed by atoms with Crippen LogP contribution in [0.3, 0.4) is 0 Å². The third-order valence-corrected chi connectivity index (χ3v) is 4.36. The van der Waals surface area contributed by atoms with Gasteiger partial charge in [-0.25, -0.2) is 4.98 Å². The second-order valence-corrected chi connectivity index (χ2v) is 6.02. The van der Waals surface area contributed by atoms with E-state index in [0.29, 0.717) is 9.80 Å². The summed E-state index contributed by atoms with van der Waals surface area (Å²) in [7, 11) is 0. The molecule has 4 nitrogen and oxygen atoms in total. The summed E-state index contributed by atoms with van der Waals surface area (Å²) in [5.41, 5.74) is 1.14. The maximum absolute atomic E-state index is 11.9. The molecule has 3 rings (SSSR count). The number of aryl methyl sites for hydroxylation is 2. The van der Waals surface area contributed by atoms with E-state index in [1.807, 2.05) is 0 Å². The van der Waals surface area contributed by atoms with Crippen molar-refractivity contribution in [1.82, 2.24) is 4.98 Å². The van der Waals surface area contributed by atoms with Crippen molar-refractivity contribution in [2.45, 2.75) is 25.7 Å². The molecule has 0 spiro atoms. The van der Waals surface area contributed by atoms with Crippen LogP contribution >= 0.6 is 39.7 Å².